The van der Waals surface area contributed by atoms with E-state index in [0.717, 1.165) is 17.0 Å². The second kappa shape index (κ2) is 7.02. The molecule has 0 fully saturated rings. The molecule has 0 aromatic carbocycles. The Balaban J connectivity index is 1.45. The number of carbonyl (C=O) groups is 1. The van der Waals surface area contributed by atoms with E-state index < -0.39 is 0 Å². The lowest BCUT2D eigenvalue weighted by molar-refractivity contribution is -0.116. The van der Waals surface area contributed by atoms with Gasteiger partial charge < -0.3 is 15.0 Å². The molecule has 0 aliphatic rings. The van der Waals surface area contributed by atoms with E-state index in [-0.39, 0.29) is 5.91 Å². The fraction of sp³-hybridized carbons (Fsp3) is 0.235. The van der Waals surface area contributed by atoms with Gasteiger partial charge in [-0.2, -0.15) is 0 Å². The Bertz CT molecular complexity index is 811. The number of anilines is 1. The second-order valence-corrected chi connectivity index (χ2v) is 5.32. The fourth-order valence-corrected chi connectivity index (χ4v) is 2.35. The number of aromatic nitrogens is 3. The third-order valence-electron chi connectivity index (χ3n) is 3.48. The summed E-state index contributed by atoms with van der Waals surface area (Å²) in [5.41, 5.74) is 2.88. The number of pyridine rings is 2. The van der Waals surface area contributed by atoms with Crippen LogP contribution in [0.5, 0.6) is 0 Å². The molecule has 0 atom stereocenters. The molecule has 0 aliphatic carbocycles. The third kappa shape index (κ3) is 3.92. The van der Waals surface area contributed by atoms with Crippen LogP contribution in [-0.4, -0.2) is 26.8 Å². The van der Waals surface area contributed by atoms with E-state index in [9.17, 15) is 4.79 Å². The van der Waals surface area contributed by atoms with Crippen LogP contribution in [0.25, 0.3) is 5.65 Å². The molecule has 3 heterocycles. The molecule has 118 valence electrons. The van der Waals surface area contributed by atoms with Gasteiger partial charge in [0, 0.05) is 31.4 Å². The molecule has 0 saturated heterocycles. The van der Waals surface area contributed by atoms with Crippen molar-refractivity contribution in [2.45, 2.75) is 19.9 Å². The molecule has 0 spiro atoms. The number of nitrogens with zero attached hydrogens (tertiary/aromatic N) is 3. The van der Waals surface area contributed by atoms with Crippen LogP contribution in [-0.2, 0) is 11.3 Å². The highest BCUT2D eigenvalue weighted by molar-refractivity contribution is 5.89. The summed E-state index contributed by atoms with van der Waals surface area (Å²) in [5.74, 6) is 0.547. The highest BCUT2D eigenvalue weighted by atomic mass is 16.1. The second-order valence-electron chi connectivity index (χ2n) is 5.32. The van der Waals surface area contributed by atoms with Crippen molar-refractivity contribution >= 4 is 17.4 Å². The number of hydrogen-bond donors (Lipinski definition) is 2. The van der Waals surface area contributed by atoms with Gasteiger partial charge >= 0.3 is 0 Å². The van der Waals surface area contributed by atoms with Crippen LogP contribution in [0.4, 0.5) is 5.82 Å². The minimum absolute atomic E-state index is 0.0475. The number of fused-ring (bicyclic) bond motifs is 1. The van der Waals surface area contributed by atoms with E-state index in [1.165, 1.54) is 0 Å². The molecule has 0 aliphatic heterocycles. The van der Waals surface area contributed by atoms with Gasteiger partial charge in [-0.3, -0.25) is 4.79 Å². The first-order chi connectivity index (χ1) is 11.2. The number of hydrogen-bond acceptors (Lipinski definition) is 4. The van der Waals surface area contributed by atoms with Crippen LogP contribution in [0.3, 0.4) is 0 Å². The Morgan fingerprint density at radius 1 is 1.22 bits per heavy atom. The van der Waals surface area contributed by atoms with Gasteiger partial charge in [0.2, 0.25) is 5.91 Å². The maximum absolute atomic E-state index is 11.9. The van der Waals surface area contributed by atoms with Crippen molar-refractivity contribution in [3.63, 3.8) is 0 Å². The molecule has 0 radical (unpaired) electrons. The highest BCUT2D eigenvalue weighted by Crippen LogP contribution is 2.06. The number of imidazole rings is 1. The summed E-state index contributed by atoms with van der Waals surface area (Å²) in [7, 11) is 0. The topological polar surface area (TPSA) is 71.3 Å². The third-order valence-corrected chi connectivity index (χ3v) is 3.48. The smallest absolute Gasteiger partial charge is 0.226 e. The number of amides is 1. The fourth-order valence-electron chi connectivity index (χ4n) is 2.35. The lowest BCUT2D eigenvalue weighted by Crippen LogP contribution is -2.22. The maximum atomic E-state index is 11.9. The summed E-state index contributed by atoms with van der Waals surface area (Å²) in [6, 6.07) is 11.5. The van der Waals surface area contributed by atoms with Gasteiger partial charge in [-0.05, 0) is 31.2 Å². The van der Waals surface area contributed by atoms with Gasteiger partial charge in [0.05, 0.1) is 11.9 Å². The first-order valence-corrected chi connectivity index (χ1v) is 7.57. The molecule has 0 bridgehead atoms. The zero-order chi connectivity index (χ0) is 16.1. The number of nitrogens with one attached hydrogen (secondary N) is 2. The first kappa shape index (κ1) is 15.2. The molecule has 6 nitrogen and oxygen atoms in total. The van der Waals surface area contributed by atoms with E-state index >= 15 is 0 Å². The van der Waals surface area contributed by atoms with Gasteiger partial charge in [0.25, 0.3) is 0 Å². The Kier molecular flexibility index (Phi) is 4.63. The Hall–Kier alpha value is -2.73. The summed E-state index contributed by atoms with van der Waals surface area (Å²) < 4.78 is 2.03. The van der Waals surface area contributed by atoms with E-state index in [1.54, 1.807) is 6.07 Å². The zero-order valence-electron chi connectivity index (χ0n) is 13.0. The molecular weight excluding hydrogens is 290 g/mol. The average Bonchev–Trinajstić information content (AvgIpc) is 2.95. The maximum Gasteiger partial charge on any atom is 0.226 e. The largest absolute Gasteiger partial charge is 0.311 e. The van der Waals surface area contributed by atoms with Crippen molar-refractivity contribution in [2.24, 2.45) is 0 Å². The predicted octanol–water partition coefficient (Wildman–Crippen LogP) is 2.16. The molecule has 6 heteroatoms. The Labute approximate surface area is 134 Å². The highest BCUT2D eigenvalue weighted by Gasteiger charge is 2.05. The van der Waals surface area contributed by atoms with Crippen LogP contribution in [0, 0.1) is 6.92 Å². The molecule has 3 rings (SSSR count). The molecule has 23 heavy (non-hydrogen) atoms. The number of carbonyl (C=O) groups excluding carboxylic acids is 1. The minimum atomic E-state index is -0.0475. The minimum Gasteiger partial charge on any atom is -0.311 e. The predicted molar refractivity (Wildman–Crippen MR) is 89.1 cm³/mol. The zero-order valence-corrected chi connectivity index (χ0v) is 13.0. The SMILES string of the molecule is Cc1cccc(NC(=O)CCNCc2cnc3ccccn23)n1. The van der Waals surface area contributed by atoms with E-state index in [4.69, 9.17) is 0 Å². The summed E-state index contributed by atoms with van der Waals surface area (Å²) in [6.45, 7) is 3.16. The number of rotatable bonds is 6. The van der Waals surface area contributed by atoms with E-state index in [2.05, 4.69) is 20.6 Å². The summed E-state index contributed by atoms with van der Waals surface area (Å²) >= 11 is 0. The molecule has 3 aromatic heterocycles. The van der Waals surface area contributed by atoms with Gasteiger partial charge in [0.15, 0.2) is 0 Å². The van der Waals surface area contributed by atoms with Crippen LogP contribution in [0.15, 0.2) is 48.8 Å². The van der Waals surface area contributed by atoms with Gasteiger partial charge in [0.1, 0.15) is 11.5 Å². The molecular formula is C17H19N5O. The summed E-state index contributed by atoms with van der Waals surface area (Å²) in [5, 5.41) is 6.06. The Morgan fingerprint density at radius 3 is 3.00 bits per heavy atom. The van der Waals surface area contributed by atoms with Crippen molar-refractivity contribution in [2.75, 3.05) is 11.9 Å². The standard InChI is InChI=1S/C17H19N5O/c1-13-5-4-6-15(20-13)21-17(23)8-9-18-11-14-12-19-16-7-2-3-10-22(14)16/h2-7,10,12,18H,8-9,11H2,1H3,(H,20,21,23). The van der Waals surface area contributed by atoms with Crippen molar-refractivity contribution < 1.29 is 4.79 Å². The lowest BCUT2D eigenvalue weighted by Gasteiger charge is -2.06. The summed E-state index contributed by atoms with van der Waals surface area (Å²) in [4.78, 5) is 20.5. The van der Waals surface area contributed by atoms with Crippen LogP contribution in [0.2, 0.25) is 0 Å². The van der Waals surface area contributed by atoms with E-state index in [1.807, 2.05) is 54.0 Å². The van der Waals surface area contributed by atoms with Crippen molar-refractivity contribution in [1.82, 2.24) is 19.7 Å². The molecule has 3 aromatic rings. The monoisotopic (exact) mass is 309 g/mol. The number of aryl methyl sites for hydroxylation is 1. The van der Waals surface area contributed by atoms with Gasteiger partial charge in [-0.1, -0.05) is 12.1 Å². The van der Waals surface area contributed by atoms with Crippen LogP contribution in [0.1, 0.15) is 17.8 Å². The van der Waals surface area contributed by atoms with E-state index in [0.29, 0.717) is 25.3 Å². The van der Waals surface area contributed by atoms with Gasteiger partial charge in [-0.25, -0.2) is 9.97 Å². The molecule has 0 saturated carbocycles. The summed E-state index contributed by atoms with van der Waals surface area (Å²) in [6.07, 6.45) is 4.22. The van der Waals surface area contributed by atoms with Crippen LogP contribution < -0.4 is 10.6 Å². The quantitative estimate of drug-likeness (QED) is 0.685. The van der Waals surface area contributed by atoms with Crippen molar-refractivity contribution in [3.05, 3.63) is 60.2 Å². The molecule has 0 unspecified atom stereocenters. The van der Waals surface area contributed by atoms with Crippen molar-refractivity contribution in [1.29, 1.82) is 0 Å². The molecule has 1 amide bonds. The normalized spacial score (nSPS) is 10.8. The van der Waals surface area contributed by atoms with Crippen molar-refractivity contribution in [3.8, 4) is 0 Å². The Morgan fingerprint density at radius 2 is 2.13 bits per heavy atom. The van der Waals surface area contributed by atoms with Crippen LogP contribution >= 0.6 is 0 Å². The average molecular weight is 309 g/mol. The molecule has 2 N–H and O–H groups in total. The first-order valence-electron chi connectivity index (χ1n) is 7.57. The lowest BCUT2D eigenvalue weighted by atomic mass is 10.3. The van der Waals surface area contributed by atoms with Gasteiger partial charge in [-0.15, -0.1) is 0 Å².